The van der Waals surface area contributed by atoms with Gasteiger partial charge in [-0.1, -0.05) is 17.7 Å². The highest BCUT2D eigenvalue weighted by molar-refractivity contribution is 6.32. The number of likely N-dealkylation sites (N-methyl/N-ethyl adjacent to an activating group) is 1. The second kappa shape index (κ2) is 3.70. The smallest absolute Gasteiger partial charge is 0.319 e. The van der Waals surface area contributed by atoms with Gasteiger partial charge >= 0.3 is 6.03 Å². The van der Waals surface area contributed by atoms with Crippen LogP contribution in [0.1, 0.15) is 12.5 Å². The van der Waals surface area contributed by atoms with Crippen molar-refractivity contribution in [2.75, 3.05) is 7.05 Å². The van der Waals surface area contributed by atoms with Crippen LogP contribution in [0.4, 0.5) is 9.18 Å². The number of carbonyl (C=O) groups excluding carboxylic acids is 2. The highest BCUT2D eigenvalue weighted by Gasteiger charge is 2.48. The molecule has 1 heterocycles. The van der Waals surface area contributed by atoms with Crippen molar-refractivity contribution in [2.45, 2.75) is 12.5 Å². The maximum Gasteiger partial charge on any atom is 0.325 e. The van der Waals surface area contributed by atoms with Gasteiger partial charge in [-0.15, -0.1) is 0 Å². The van der Waals surface area contributed by atoms with E-state index < -0.39 is 23.3 Å². The number of nitrogens with one attached hydrogen (secondary N) is 1. The van der Waals surface area contributed by atoms with E-state index in [0.717, 1.165) is 11.0 Å². The standard InChI is InChI=1S/C11H10ClFN2O2/c1-11(9(16)15(2)10(17)14-11)7-4-3-6(13)5-8(7)12/h3-5H,1-2H3,(H,14,17). The van der Waals surface area contributed by atoms with Gasteiger partial charge < -0.3 is 5.32 Å². The summed E-state index contributed by atoms with van der Waals surface area (Å²) in [6.45, 7) is 1.54. The second-order valence-corrected chi connectivity index (χ2v) is 4.45. The number of carbonyl (C=O) groups is 2. The molecule has 1 aliphatic rings. The van der Waals surface area contributed by atoms with Crippen molar-refractivity contribution in [3.63, 3.8) is 0 Å². The summed E-state index contributed by atoms with van der Waals surface area (Å²) in [4.78, 5) is 24.4. The lowest BCUT2D eigenvalue weighted by Crippen LogP contribution is -2.40. The van der Waals surface area contributed by atoms with Crippen molar-refractivity contribution in [3.05, 3.63) is 34.6 Å². The number of rotatable bonds is 1. The zero-order valence-electron chi connectivity index (χ0n) is 9.25. The van der Waals surface area contributed by atoms with Crippen molar-refractivity contribution in [3.8, 4) is 0 Å². The molecule has 2 rings (SSSR count). The molecule has 1 saturated heterocycles. The van der Waals surface area contributed by atoms with Crippen molar-refractivity contribution < 1.29 is 14.0 Å². The lowest BCUT2D eigenvalue weighted by Gasteiger charge is -2.22. The lowest BCUT2D eigenvalue weighted by molar-refractivity contribution is -0.130. The Balaban J connectivity index is 2.53. The van der Waals surface area contributed by atoms with E-state index in [2.05, 4.69) is 5.32 Å². The summed E-state index contributed by atoms with van der Waals surface area (Å²) < 4.78 is 12.9. The molecule has 0 bridgehead atoms. The largest absolute Gasteiger partial charge is 0.325 e. The van der Waals surface area contributed by atoms with Crippen molar-refractivity contribution in [1.29, 1.82) is 0 Å². The van der Waals surface area contributed by atoms with E-state index in [-0.39, 0.29) is 5.02 Å². The van der Waals surface area contributed by atoms with E-state index in [9.17, 15) is 14.0 Å². The fourth-order valence-corrected chi connectivity index (χ4v) is 2.21. The first kappa shape index (κ1) is 11.9. The van der Waals surface area contributed by atoms with Crippen molar-refractivity contribution in [2.24, 2.45) is 0 Å². The molecular formula is C11H10ClFN2O2. The van der Waals surface area contributed by atoms with Crippen LogP contribution in [0.25, 0.3) is 0 Å². The number of benzene rings is 1. The van der Waals surface area contributed by atoms with Crippen molar-refractivity contribution in [1.82, 2.24) is 10.2 Å². The molecule has 1 unspecified atom stereocenters. The molecule has 1 fully saturated rings. The van der Waals surface area contributed by atoms with Gasteiger partial charge in [0.25, 0.3) is 5.91 Å². The third-order valence-corrected chi connectivity index (χ3v) is 3.18. The average molecular weight is 257 g/mol. The molecule has 1 aliphatic heterocycles. The number of nitrogens with zero attached hydrogens (tertiary/aromatic N) is 1. The molecule has 6 heteroatoms. The summed E-state index contributed by atoms with van der Waals surface area (Å²) in [6.07, 6.45) is 0. The Morgan fingerprint density at radius 1 is 1.41 bits per heavy atom. The Morgan fingerprint density at radius 2 is 2.06 bits per heavy atom. The van der Waals surface area contributed by atoms with E-state index in [0.29, 0.717) is 5.56 Å². The van der Waals surface area contributed by atoms with E-state index in [1.54, 1.807) is 0 Å². The lowest BCUT2D eigenvalue weighted by atomic mass is 9.92. The van der Waals surface area contributed by atoms with Crippen molar-refractivity contribution >= 4 is 23.5 Å². The summed E-state index contributed by atoms with van der Waals surface area (Å²) in [6, 6.07) is 3.21. The van der Waals surface area contributed by atoms with Crippen LogP contribution in [0.15, 0.2) is 18.2 Å². The molecule has 90 valence electrons. The Hall–Kier alpha value is -1.62. The first-order valence-corrected chi connectivity index (χ1v) is 5.30. The van der Waals surface area contributed by atoms with Gasteiger partial charge in [0.2, 0.25) is 0 Å². The first-order valence-electron chi connectivity index (χ1n) is 4.92. The van der Waals surface area contributed by atoms with Crippen LogP contribution >= 0.6 is 11.6 Å². The molecule has 1 aromatic carbocycles. The number of hydrogen-bond donors (Lipinski definition) is 1. The molecule has 0 aliphatic carbocycles. The van der Waals surface area contributed by atoms with Crippen LogP contribution in [0.3, 0.4) is 0 Å². The predicted molar refractivity (Wildman–Crippen MR) is 60.1 cm³/mol. The Labute approximate surface area is 102 Å². The van der Waals surface area contributed by atoms with Crippen LogP contribution in [0.2, 0.25) is 5.02 Å². The number of amides is 3. The fraction of sp³-hybridized carbons (Fsp3) is 0.273. The predicted octanol–water partition coefficient (Wildman–Crippen LogP) is 1.88. The molecule has 0 radical (unpaired) electrons. The van der Waals surface area contributed by atoms with Crippen LogP contribution in [0, 0.1) is 5.82 Å². The summed E-state index contributed by atoms with van der Waals surface area (Å²) in [5.74, 6) is -0.913. The Bertz CT molecular complexity index is 520. The van der Waals surface area contributed by atoms with Crippen LogP contribution in [-0.2, 0) is 10.3 Å². The molecule has 4 nitrogen and oxygen atoms in total. The zero-order valence-corrected chi connectivity index (χ0v) is 10.0. The molecule has 3 amide bonds. The Kier molecular flexibility index (Phi) is 2.58. The minimum atomic E-state index is -1.24. The molecular weight excluding hydrogens is 247 g/mol. The summed E-state index contributed by atoms with van der Waals surface area (Å²) in [5.41, 5.74) is -0.861. The van der Waals surface area contributed by atoms with E-state index in [1.807, 2.05) is 0 Å². The highest BCUT2D eigenvalue weighted by Crippen LogP contribution is 2.33. The summed E-state index contributed by atoms with van der Waals surface area (Å²) in [7, 11) is 1.38. The number of urea groups is 1. The van der Waals surface area contributed by atoms with Crippen LogP contribution in [-0.4, -0.2) is 23.9 Å². The third kappa shape index (κ3) is 1.67. The monoisotopic (exact) mass is 256 g/mol. The molecule has 1 N–H and O–H groups in total. The maximum atomic E-state index is 12.9. The number of halogens is 2. The van der Waals surface area contributed by atoms with Gasteiger partial charge in [-0.05, 0) is 19.1 Å². The molecule has 1 aromatic rings. The zero-order chi connectivity index (χ0) is 12.8. The molecule has 17 heavy (non-hydrogen) atoms. The van der Waals surface area contributed by atoms with Gasteiger partial charge in [-0.2, -0.15) is 0 Å². The maximum absolute atomic E-state index is 12.9. The van der Waals surface area contributed by atoms with Crippen LogP contribution in [0.5, 0.6) is 0 Å². The second-order valence-electron chi connectivity index (χ2n) is 4.04. The Morgan fingerprint density at radius 3 is 2.53 bits per heavy atom. The minimum absolute atomic E-state index is 0.108. The number of imide groups is 1. The fourth-order valence-electron chi connectivity index (χ4n) is 1.86. The van der Waals surface area contributed by atoms with Gasteiger partial charge in [0.05, 0.1) is 0 Å². The first-order chi connectivity index (χ1) is 7.86. The summed E-state index contributed by atoms with van der Waals surface area (Å²) in [5, 5.41) is 2.64. The summed E-state index contributed by atoms with van der Waals surface area (Å²) >= 11 is 5.90. The average Bonchev–Trinajstić information content (AvgIpc) is 2.43. The topological polar surface area (TPSA) is 49.4 Å². The van der Waals surface area contributed by atoms with E-state index in [4.69, 9.17) is 11.6 Å². The SMILES string of the molecule is CN1C(=O)NC(C)(c2ccc(F)cc2Cl)C1=O. The van der Waals surface area contributed by atoms with Gasteiger partial charge in [-0.25, -0.2) is 9.18 Å². The highest BCUT2D eigenvalue weighted by atomic mass is 35.5. The molecule has 0 aromatic heterocycles. The number of hydrogen-bond acceptors (Lipinski definition) is 2. The quantitative estimate of drug-likeness (QED) is 0.780. The normalized spacial score (nSPS) is 24.1. The van der Waals surface area contributed by atoms with E-state index in [1.165, 1.54) is 26.1 Å². The minimum Gasteiger partial charge on any atom is -0.319 e. The molecule has 0 saturated carbocycles. The molecule has 1 atom stereocenters. The third-order valence-electron chi connectivity index (χ3n) is 2.86. The van der Waals surface area contributed by atoms with E-state index >= 15 is 0 Å². The van der Waals surface area contributed by atoms with Gasteiger partial charge in [0, 0.05) is 17.6 Å². The van der Waals surface area contributed by atoms with Gasteiger partial charge in [0.1, 0.15) is 11.4 Å². The van der Waals surface area contributed by atoms with Gasteiger partial charge in [-0.3, -0.25) is 9.69 Å². The van der Waals surface area contributed by atoms with Gasteiger partial charge in [0.15, 0.2) is 0 Å². The molecule has 0 spiro atoms. The van der Waals surface area contributed by atoms with Crippen LogP contribution < -0.4 is 5.32 Å².